The molecule has 5 nitrogen and oxygen atoms in total. The van der Waals surface area contributed by atoms with Gasteiger partial charge < -0.3 is 15.4 Å². The number of halogens is 2. The molecule has 0 saturated heterocycles. The molecule has 2 heterocycles. The molecule has 0 saturated carbocycles. The summed E-state index contributed by atoms with van der Waals surface area (Å²) in [7, 11) is 0. The fourth-order valence-corrected chi connectivity index (χ4v) is 2.14. The molecular formula is C15H16F2N4O. The molecule has 1 aromatic carbocycles. The van der Waals surface area contributed by atoms with Gasteiger partial charge in [0.1, 0.15) is 0 Å². The second kappa shape index (κ2) is 5.94. The number of fused-ring (bicyclic) bond motifs is 1. The molecule has 0 fully saturated rings. The maximum absolute atomic E-state index is 12.6. The smallest absolute Gasteiger partial charge is 0.324 e. The van der Waals surface area contributed by atoms with Crippen LogP contribution in [0.2, 0.25) is 0 Å². The first-order chi connectivity index (χ1) is 10.5. The average molecular weight is 306 g/mol. The van der Waals surface area contributed by atoms with Gasteiger partial charge in [-0.05, 0) is 17.7 Å². The van der Waals surface area contributed by atoms with Gasteiger partial charge in [-0.1, -0.05) is 12.1 Å². The van der Waals surface area contributed by atoms with Crippen molar-refractivity contribution in [3.8, 4) is 0 Å². The second-order valence-corrected chi connectivity index (χ2v) is 5.19. The van der Waals surface area contributed by atoms with Crippen molar-refractivity contribution in [1.29, 1.82) is 0 Å². The summed E-state index contributed by atoms with van der Waals surface area (Å²) in [5.74, 6) is 0.520. The maximum Gasteiger partial charge on any atom is 0.353 e. The summed E-state index contributed by atoms with van der Waals surface area (Å²) in [5, 5.41) is 6.30. The highest BCUT2D eigenvalue weighted by atomic mass is 19.3. The van der Waals surface area contributed by atoms with Gasteiger partial charge in [-0.3, -0.25) is 0 Å². The monoisotopic (exact) mass is 306 g/mol. The Morgan fingerprint density at radius 3 is 2.77 bits per heavy atom. The van der Waals surface area contributed by atoms with Crippen LogP contribution in [0.4, 0.5) is 20.4 Å². The number of hydrogen-bond donors (Lipinski definition) is 2. The molecular weight excluding hydrogens is 290 g/mol. The summed E-state index contributed by atoms with van der Waals surface area (Å²) < 4.78 is 29.7. The number of aromatic nitrogens is 2. The van der Waals surface area contributed by atoms with Crippen molar-refractivity contribution in [3.05, 3.63) is 47.3 Å². The van der Waals surface area contributed by atoms with E-state index in [4.69, 9.17) is 0 Å². The molecule has 0 aliphatic carbocycles. The van der Waals surface area contributed by atoms with Crippen LogP contribution in [0.25, 0.3) is 0 Å². The van der Waals surface area contributed by atoms with Crippen LogP contribution in [0.1, 0.15) is 23.7 Å². The Labute approximate surface area is 126 Å². The lowest BCUT2D eigenvalue weighted by Gasteiger charge is -2.11. The summed E-state index contributed by atoms with van der Waals surface area (Å²) in [5.41, 5.74) is 3.57. The minimum Gasteiger partial charge on any atom is -0.324 e. The Balaban J connectivity index is 1.63. The Morgan fingerprint density at radius 2 is 2.05 bits per heavy atom. The third kappa shape index (κ3) is 3.75. The molecule has 1 aromatic heterocycles. The van der Waals surface area contributed by atoms with Gasteiger partial charge >= 0.3 is 6.11 Å². The number of rotatable bonds is 5. The van der Waals surface area contributed by atoms with Crippen LogP contribution in [-0.2, 0) is 24.4 Å². The number of nitrogens with one attached hydrogen (secondary N) is 2. The van der Waals surface area contributed by atoms with Crippen molar-refractivity contribution in [3.63, 3.8) is 0 Å². The summed E-state index contributed by atoms with van der Waals surface area (Å²) in [6.07, 6.45) is -1.32. The van der Waals surface area contributed by atoms with E-state index in [0.29, 0.717) is 11.5 Å². The largest absolute Gasteiger partial charge is 0.353 e. The summed E-state index contributed by atoms with van der Waals surface area (Å²) in [4.78, 5) is 8.68. The van der Waals surface area contributed by atoms with Gasteiger partial charge in [0.05, 0.1) is 12.3 Å². The van der Waals surface area contributed by atoms with Crippen LogP contribution in [0.3, 0.4) is 0 Å². The first kappa shape index (κ1) is 14.8. The van der Waals surface area contributed by atoms with Crippen LogP contribution in [0.15, 0.2) is 30.5 Å². The number of benzene rings is 1. The fourth-order valence-electron chi connectivity index (χ4n) is 2.14. The second-order valence-electron chi connectivity index (χ2n) is 5.19. The van der Waals surface area contributed by atoms with E-state index < -0.39 is 6.11 Å². The number of hydrogen-bond acceptors (Lipinski definition) is 5. The fraction of sp³-hybridized carbons (Fsp3) is 0.333. The maximum atomic E-state index is 12.6. The topological polar surface area (TPSA) is 59.1 Å². The molecule has 116 valence electrons. The molecule has 22 heavy (non-hydrogen) atoms. The highest BCUT2D eigenvalue weighted by Gasteiger charge is 2.21. The summed E-state index contributed by atoms with van der Waals surface area (Å²) >= 11 is 0. The number of alkyl halides is 2. The minimum absolute atomic E-state index is 0.134. The zero-order chi connectivity index (χ0) is 15.6. The molecule has 0 amide bonds. The van der Waals surface area contributed by atoms with Crippen molar-refractivity contribution in [2.24, 2.45) is 0 Å². The van der Waals surface area contributed by atoms with Crippen LogP contribution >= 0.6 is 0 Å². The van der Waals surface area contributed by atoms with Crippen LogP contribution in [0, 0.1) is 0 Å². The molecule has 0 bridgehead atoms. The molecule has 2 N–H and O–H groups in total. The van der Waals surface area contributed by atoms with Crippen molar-refractivity contribution < 1.29 is 13.5 Å². The van der Waals surface area contributed by atoms with Gasteiger partial charge in [0.2, 0.25) is 5.95 Å². The quantitative estimate of drug-likeness (QED) is 0.889. The van der Waals surface area contributed by atoms with E-state index in [9.17, 15) is 8.78 Å². The van der Waals surface area contributed by atoms with E-state index >= 15 is 0 Å². The lowest BCUT2D eigenvalue weighted by Crippen LogP contribution is -2.14. The Morgan fingerprint density at radius 1 is 1.27 bits per heavy atom. The molecule has 3 rings (SSSR count). The average Bonchev–Trinajstić information content (AvgIpc) is 2.93. The van der Waals surface area contributed by atoms with Gasteiger partial charge in [0, 0.05) is 37.5 Å². The van der Waals surface area contributed by atoms with Crippen LogP contribution in [0.5, 0.6) is 0 Å². The van der Waals surface area contributed by atoms with E-state index in [2.05, 4.69) is 25.3 Å². The predicted molar refractivity (Wildman–Crippen MR) is 77.7 cm³/mol. The minimum atomic E-state index is -3.12. The highest BCUT2D eigenvalue weighted by molar-refractivity contribution is 5.53. The van der Waals surface area contributed by atoms with Crippen molar-refractivity contribution >= 4 is 11.6 Å². The Hall–Kier alpha value is -2.12. The van der Waals surface area contributed by atoms with Gasteiger partial charge in [-0.15, -0.1) is 0 Å². The zero-order valence-electron chi connectivity index (χ0n) is 12.1. The van der Waals surface area contributed by atoms with Crippen molar-refractivity contribution in [2.75, 3.05) is 5.32 Å². The first-order valence-corrected chi connectivity index (χ1v) is 6.93. The van der Waals surface area contributed by atoms with E-state index in [1.807, 2.05) is 0 Å². The van der Waals surface area contributed by atoms with E-state index in [-0.39, 0.29) is 6.61 Å². The van der Waals surface area contributed by atoms with Crippen molar-refractivity contribution in [1.82, 2.24) is 15.3 Å². The van der Waals surface area contributed by atoms with E-state index in [1.165, 1.54) is 0 Å². The Bertz CT molecular complexity index is 656. The van der Waals surface area contributed by atoms with Gasteiger partial charge in [-0.2, -0.15) is 8.78 Å². The normalized spacial score (nSPS) is 14.0. The molecule has 1 aliphatic heterocycles. The lowest BCUT2D eigenvalue weighted by atomic mass is 10.2. The molecule has 2 aromatic rings. The number of anilines is 2. The third-order valence-electron chi connectivity index (χ3n) is 3.26. The zero-order valence-corrected chi connectivity index (χ0v) is 12.1. The Kier molecular flexibility index (Phi) is 4.00. The van der Waals surface area contributed by atoms with Gasteiger partial charge in [0.15, 0.2) is 0 Å². The molecule has 7 heteroatoms. The summed E-state index contributed by atoms with van der Waals surface area (Å²) in [6, 6.07) is 7.01. The molecule has 0 atom stereocenters. The van der Waals surface area contributed by atoms with E-state index in [1.54, 1.807) is 30.5 Å². The van der Waals surface area contributed by atoms with E-state index in [0.717, 1.165) is 37.0 Å². The number of ether oxygens (including phenoxy) is 1. The highest BCUT2D eigenvalue weighted by Crippen LogP contribution is 2.20. The third-order valence-corrected chi connectivity index (χ3v) is 3.26. The molecule has 1 aliphatic rings. The predicted octanol–water partition coefficient (Wildman–Crippen LogP) is 2.95. The van der Waals surface area contributed by atoms with Gasteiger partial charge in [-0.25, -0.2) is 9.97 Å². The lowest BCUT2D eigenvalue weighted by molar-refractivity contribution is -0.231. The van der Waals surface area contributed by atoms with Crippen molar-refractivity contribution in [2.45, 2.75) is 32.7 Å². The summed E-state index contributed by atoms with van der Waals surface area (Å²) in [6.45, 7) is 2.13. The molecule has 0 unspecified atom stereocenters. The van der Waals surface area contributed by atoms with Gasteiger partial charge in [0.25, 0.3) is 0 Å². The van der Waals surface area contributed by atoms with Crippen LogP contribution < -0.4 is 10.6 Å². The SMILES string of the molecule is CC(F)(F)OCc1ccc(Nc2ncc3c(n2)CNC3)cc1. The molecule has 0 spiro atoms. The van der Waals surface area contributed by atoms with Crippen LogP contribution in [-0.4, -0.2) is 16.1 Å². The first-order valence-electron chi connectivity index (χ1n) is 6.93. The standard InChI is InChI=1S/C15H16F2N4O/c1-15(16,17)22-9-10-2-4-12(5-3-10)20-14-19-7-11-6-18-8-13(11)21-14/h2-5,7,18H,6,8-9H2,1H3,(H,19,20,21). The molecule has 0 radical (unpaired) electrons. The number of nitrogens with zero attached hydrogens (tertiary/aromatic N) is 2.